The Hall–Kier alpha value is -2.50. The number of nitrogens with one attached hydrogen (secondary N) is 2. The van der Waals surface area contributed by atoms with Crippen molar-refractivity contribution in [1.29, 1.82) is 0 Å². The number of hydrogen-bond donors (Lipinski definition) is 3. The highest BCUT2D eigenvalue weighted by molar-refractivity contribution is 7.11. The third kappa shape index (κ3) is 5.59. The van der Waals surface area contributed by atoms with Gasteiger partial charge in [-0.3, -0.25) is 14.5 Å². The number of halogens is 3. The SMILES string of the molecule is Cc1ncc(C2(O)CCC(N3CC(NC(=O)CNC(=O)c4cccc(C(F)(F)F)c4)C3)CC2)s1. The lowest BCUT2D eigenvalue weighted by molar-refractivity contribution is -0.137. The van der Waals surface area contributed by atoms with E-state index in [4.69, 9.17) is 0 Å². The number of amides is 2. The maximum Gasteiger partial charge on any atom is 0.416 e. The summed E-state index contributed by atoms with van der Waals surface area (Å²) in [5, 5.41) is 17.1. The van der Waals surface area contributed by atoms with Crippen LogP contribution in [0.1, 0.15) is 51.5 Å². The molecule has 4 rings (SSSR count). The predicted octanol–water partition coefficient (Wildman–Crippen LogP) is 2.83. The molecule has 1 saturated heterocycles. The van der Waals surface area contributed by atoms with Gasteiger partial charge in [-0.05, 0) is 50.8 Å². The number of carbonyl (C=O) groups is 2. The molecule has 184 valence electrons. The molecule has 7 nitrogen and oxygen atoms in total. The molecule has 0 bridgehead atoms. The number of nitrogens with zero attached hydrogens (tertiary/aromatic N) is 2. The smallest absolute Gasteiger partial charge is 0.384 e. The summed E-state index contributed by atoms with van der Waals surface area (Å²) in [6, 6.07) is 4.39. The minimum Gasteiger partial charge on any atom is -0.384 e. The largest absolute Gasteiger partial charge is 0.416 e. The maximum absolute atomic E-state index is 12.8. The summed E-state index contributed by atoms with van der Waals surface area (Å²) in [5.74, 6) is -1.12. The molecule has 34 heavy (non-hydrogen) atoms. The van der Waals surface area contributed by atoms with E-state index in [9.17, 15) is 27.9 Å². The molecule has 0 spiro atoms. The molecule has 1 saturated carbocycles. The summed E-state index contributed by atoms with van der Waals surface area (Å²) < 4.78 is 38.4. The van der Waals surface area contributed by atoms with Crippen molar-refractivity contribution in [3.05, 3.63) is 51.5 Å². The standard InChI is InChI=1S/C23H27F3N4O3S/c1-14-27-10-19(34-14)22(33)7-5-18(6-8-22)30-12-17(13-30)29-20(31)11-28-21(32)15-3-2-4-16(9-15)23(24,25)26/h2-4,9-10,17-18,33H,5-8,11-13H2,1H3,(H,28,32)(H,29,31). The molecule has 3 N–H and O–H groups in total. The van der Waals surface area contributed by atoms with E-state index in [1.807, 2.05) is 6.92 Å². The van der Waals surface area contributed by atoms with Crippen LogP contribution in [-0.4, -0.2) is 58.5 Å². The number of likely N-dealkylation sites (tertiary alicyclic amines) is 1. The van der Waals surface area contributed by atoms with Crippen LogP contribution in [0.5, 0.6) is 0 Å². The van der Waals surface area contributed by atoms with Gasteiger partial charge < -0.3 is 15.7 Å². The van der Waals surface area contributed by atoms with Gasteiger partial charge in [-0.2, -0.15) is 13.2 Å². The van der Waals surface area contributed by atoms with Gasteiger partial charge in [-0.1, -0.05) is 6.07 Å². The number of thiazole rings is 1. The summed E-state index contributed by atoms with van der Waals surface area (Å²) in [7, 11) is 0. The van der Waals surface area contributed by atoms with E-state index in [0.29, 0.717) is 32.0 Å². The van der Waals surface area contributed by atoms with Gasteiger partial charge in [0.2, 0.25) is 5.91 Å². The first-order valence-electron chi connectivity index (χ1n) is 11.2. The van der Waals surface area contributed by atoms with E-state index in [2.05, 4.69) is 20.5 Å². The first-order chi connectivity index (χ1) is 16.0. The average molecular weight is 497 g/mol. The van der Waals surface area contributed by atoms with Crippen molar-refractivity contribution in [2.45, 2.75) is 56.5 Å². The second kappa shape index (κ2) is 9.63. The van der Waals surface area contributed by atoms with Crippen LogP contribution >= 0.6 is 11.3 Å². The third-order valence-electron chi connectivity index (χ3n) is 6.52. The molecule has 2 heterocycles. The van der Waals surface area contributed by atoms with Gasteiger partial charge in [0.15, 0.2) is 0 Å². The lowest BCUT2D eigenvalue weighted by atomic mass is 9.80. The Morgan fingerprint density at radius 1 is 1.26 bits per heavy atom. The van der Waals surface area contributed by atoms with Crippen molar-refractivity contribution in [2.75, 3.05) is 19.6 Å². The van der Waals surface area contributed by atoms with E-state index >= 15 is 0 Å². The summed E-state index contributed by atoms with van der Waals surface area (Å²) in [6.45, 7) is 3.00. The summed E-state index contributed by atoms with van der Waals surface area (Å²) in [5.41, 5.74) is -1.87. The summed E-state index contributed by atoms with van der Waals surface area (Å²) in [6.07, 6.45) is 0.299. The van der Waals surface area contributed by atoms with Crippen LogP contribution < -0.4 is 10.6 Å². The number of hydrogen-bond acceptors (Lipinski definition) is 6. The van der Waals surface area contributed by atoms with Crippen molar-refractivity contribution < 1.29 is 27.9 Å². The Balaban J connectivity index is 1.17. The zero-order chi connectivity index (χ0) is 24.5. The Labute approximate surface area is 199 Å². The van der Waals surface area contributed by atoms with Gasteiger partial charge in [0, 0.05) is 30.9 Å². The first kappa shape index (κ1) is 24.6. The molecule has 2 fully saturated rings. The number of aryl methyl sites for hydroxylation is 1. The van der Waals surface area contributed by atoms with Gasteiger partial charge in [0.05, 0.1) is 28.0 Å². The highest BCUT2D eigenvalue weighted by atomic mass is 32.1. The van der Waals surface area contributed by atoms with Crippen molar-refractivity contribution >= 4 is 23.2 Å². The normalized spacial score (nSPS) is 23.9. The predicted molar refractivity (Wildman–Crippen MR) is 120 cm³/mol. The molecule has 2 aromatic rings. The number of carbonyl (C=O) groups excluding carboxylic acids is 2. The van der Waals surface area contributed by atoms with Crippen LogP contribution in [0, 0.1) is 6.92 Å². The summed E-state index contributed by atoms with van der Waals surface area (Å²) in [4.78, 5) is 31.7. The molecular weight excluding hydrogens is 469 g/mol. The third-order valence-corrected chi connectivity index (χ3v) is 7.62. The minimum absolute atomic E-state index is 0.0390. The van der Waals surface area contributed by atoms with Gasteiger partial charge in [-0.25, -0.2) is 4.98 Å². The quantitative estimate of drug-likeness (QED) is 0.572. The summed E-state index contributed by atoms with van der Waals surface area (Å²) >= 11 is 1.53. The topological polar surface area (TPSA) is 94.6 Å². The Morgan fingerprint density at radius 2 is 1.97 bits per heavy atom. The van der Waals surface area contributed by atoms with Crippen molar-refractivity contribution in [3.8, 4) is 0 Å². The number of aliphatic hydroxyl groups is 1. The number of alkyl halides is 3. The fourth-order valence-corrected chi connectivity index (χ4v) is 5.47. The van der Waals surface area contributed by atoms with E-state index in [-0.39, 0.29) is 24.1 Å². The van der Waals surface area contributed by atoms with E-state index in [1.165, 1.54) is 17.4 Å². The molecule has 1 aromatic carbocycles. The highest BCUT2D eigenvalue weighted by Crippen LogP contribution is 2.41. The second-order valence-electron chi connectivity index (χ2n) is 8.99. The monoisotopic (exact) mass is 496 g/mol. The van der Waals surface area contributed by atoms with Crippen LogP contribution in [-0.2, 0) is 16.6 Å². The van der Waals surface area contributed by atoms with Crippen LogP contribution in [0.3, 0.4) is 0 Å². The number of benzene rings is 1. The molecule has 0 radical (unpaired) electrons. The number of aromatic nitrogens is 1. The molecule has 11 heteroatoms. The molecular formula is C23H27F3N4O3S. The molecule has 2 amide bonds. The first-order valence-corrected chi connectivity index (χ1v) is 12.0. The fraction of sp³-hybridized carbons (Fsp3) is 0.522. The highest BCUT2D eigenvalue weighted by Gasteiger charge is 2.41. The van der Waals surface area contributed by atoms with Gasteiger partial charge in [-0.15, -0.1) is 11.3 Å². The van der Waals surface area contributed by atoms with E-state index < -0.39 is 23.2 Å². The van der Waals surface area contributed by atoms with Crippen LogP contribution in [0.4, 0.5) is 13.2 Å². The lowest BCUT2D eigenvalue weighted by Crippen LogP contribution is -2.63. The maximum atomic E-state index is 12.8. The molecule has 0 unspecified atom stereocenters. The molecule has 0 atom stereocenters. The minimum atomic E-state index is -4.54. The second-order valence-corrected chi connectivity index (χ2v) is 10.2. The molecule has 1 aliphatic heterocycles. The van der Waals surface area contributed by atoms with E-state index in [0.717, 1.165) is 40.9 Å². The van der Waals surface area contributed by atoms with Crippen molar-refractivity contribution in [2.24, 2.45) is 0 Å². The van der Waals surface area contributed by atoms with Gasteiger partial charge >= 0.3 is 6.18 Å². The lowest BCUT2D eigenvalue weighted by Gasteiger charge is -2.48. The van der Waals surface area contributed by atoms with Crippen molar-refractivity contribution in [3.63, 3.8) is 0 Å². The van der Waals surface area contributed by atoms with Crippen LogP contribution in [0.2, 0.25) is 0 Å². The fourth-order valence-electron chi connectivity index (χ4n) is 4.55. The van der Waals surface area contributed by atoms with Crippen molar-refractivity contribution in [1.82, 2.24) is 20.5 Å². The average Bonchev–Trinajstić information content (AvgIpc) is 3.22. The van der Waals surface area contributed by atoms with E-state index in [1.54, 1.807) is 6.20 Å². The van der Waals surface area contributed by atoms with Crippen LogP contribution in [0.25, 0.3) is 0 Å². The Bertz CT molecular complexity index is 1040. The number of rotatable bonds is 6. The Morgan fingerprint density at radius 3 is 2.59 bits per heavy atom. The molecule has 1 aromatic heterocycles. The van der Waals surface area contributed by atoms with Gasteiger partial charge in [0.25, 0.3) is 5.91 Å². The van der Waals surface area contributed by atoms with Crippen LogP contribution in [0.15, 0.2) is 30.5 Å². The Kier molecular flexibility index (Phi) is 6.97. The zero-order valence-corrected chi connectivity index (χ0v) is 19.5. The van der Waals surface area contributed by atoms with Gasteiger partial charge in [0.1, 0.15) is 5.60 Å². The molecule has 1 aliphatic carbocycles. The zero-order valence-electron chi connectivity index (χ0n) is 18.7. The molecule has 2 aliphatic rings.